The van der Waals surface area contributed by atoms with Gasteiger partial charge in [0.15, 0.2) is 0 Å². The normalized spacial score (nSPS) is 17.7. The predicted molar refractivity (Wildman–Crippen MR) is 89.8 cm³/mol. The molecule has 0 bridgehead atoms. The lowest BCUT2D eigenvalue weighted by Crippen LogP contribution is -2.29. The van der Waals surface area contributed by atoms with Crippen LogP contribution in [0, 0.1) is 0 Å². The number of aliphatic hydroxyl groups is 1. The number of rotatable bonds is 4. The Bertz CT molecular complexity index is 681. The minimum absolute atomic E-state index is 0.108. The highest BCUT2D eigenvalue weighted by molar-refractivity contribution is 7.13. The van der Waals surface area contributed by atoms with Crippen LogP contribution >= 0.6 is 11.3 Å². The first-order valence-corrected chi connectivity index (χ1v) is 8.61. The molecule has 1 saturated heterocycles. The average Bonchev–Trinajstić information content (AvgIpc) is 3.16. The van der Waals surface area contributed by atoms with Gasteiger partial charge >= 0.3 is 0 Å². The van der Waals surface area contributed by atoms with Gasteiger partial charge in [-0.25, -0.2) is 4.98 Å². The molecule has 1 aromatic carbocycles. The quantitative estimate of drug-likeness (QED) is 0.935. The number of hydrogen-bond donors (Lipinski definition) is 1. The summed E-state index contributed by atoms with van der Waals surface area (Å²) in [5.41, 5.74) is 1.41. The van der Waals surface area contributed by atoms with E-state index in [4.69, 9.17) is 4.74 Å². The van der Waals surface area contributed by atoms with Gasteiger partial charge in [-0.05, 0) is 44.5 Å². The van der Waals surface area contributed by atoms with Gasteiger partial charge in [0.2, 0.25) is 0 Å². The second-order valence-electron chi connectivity index (χ2n) is 5.92. The molecule has 122 valence electrons. The SMILES string of the molecule is CC(C)Oc1ccc(-c2nc(C(=O)N3CC[C@H](O)C3)cs2)cc1. The maximum atomic E-state index is 12.4. The fraction of sp³-hybridized carbons (Fsp3) is 0.412. The lowest BCUT2D eigenvalue weighted by molar-refractivity contribution is 0.0760. The summed E-state index contributed by atoms with van der Waals surface area (Å²) in [7, 11) is 0. The second-order valence-corrected chi connectivity index (χ2v) is 6.78. The summed E-state index contributed by atoms with van der Waals surface area (Å²) in [4.78, 5) is 18.5. The number of benzene rings is 1. The maximum absolute atomic E-state index is 12.4. The van der Waals surface area contributed by atoms with Crippen LogP contribution in [-0.2, 0) is 0 Å². The third kappa shape index (κ3) is 3.71. The molecule has 1 N–H and O–H groups in total. The highest BCUT2D eigenvalue weighted by atomic mass is 32.1. The van der Waals surface area contributed by atoms with Crippen LogP contribution < -0.4 is 4.74 Å². The minimum atomic E-state index is -0.412. The van der Waals surface area contributed by atoms with Gasteiger partial charge in [0.1, 0.15) is 16.5 Å². The van der Waals surface area contributed by atoms with Gasteiger partial charge in [0.05, 0.1) is 12.2 Å². The first-order valence-electron chi connectivity index (χ1n) is 7.73. The van der Waals surface area contributed by atoms with E-state index in [0.29, 0.717) is 25.2 Å². The van der Waals surface area contributed by atoms with Crippen molar-refractivity contribution in [3.05, 3.63) is 35.3 Å². The predicted octanol–water partition coefficient (Wildman–Crippen LogP) is 2.80. The van der Waals surface area contributed by atoms with Crippen molar-refractivity contribution < 1.29 is 14.6 Å². The fourth-order valence-corrected chi connectivity index (χ4v) is 3.34. The van der Waals surface area contributed by atoms with Gasteiger partial charge in [-0.3, -0.25) is 4.79 Å². The smallest absolute Gasteiger partial charge is 0.273 e. The van der Waals surface area contributed by atoms with Crippen LogP contribution in [0.3, 0.4) is 0 Å². The number of nitrogens with zero attached hydrogens (tertiary/aromatic N) is 2. The molecule has 0 aliphatic carbocycles. The van der Waals surface area contributed by atoms with Crippen molar-refractivity contribution in [1.29, 1.82) is 0 Å². The number of β-amino-alcohol motifs (C(OH)–C–C–N with tert-alkyl or cyclic N) is 1. The Morgan fingerprint density at radius 2 is 2.13 bits per heavy atom. The molecule has 2 aromatic rings. The molecule has 2 heterocycles. The summed E-state index contributed by atoms with van der Waals surface area (Å²) < 4.78 is 5.62. The minimum Gasteiger partial charge on any atom is -0.491 e. The van der Waals surface area contributed by atoms with E-state index < -0.39 is 6.10 Å². The van der Waals surface area contributed by atoms with Crippen molar-refractivity contribution in [3.8, 4) is 16.3 Å². The molecular weight excluding hydrogens is 312 g/mol. The monoisotopic (exact) mass is 332 g/mol. The molecule has 3 rings (SSSR count). The molecule has 6 heteroatoms. The average molecular weight is 332 g/mol. The summed E-state index contributed by atoms with van der Waals surface area (Å²) >= 11 is 1.45. The van der Waals surface area contributed by atoms with Crippen LogP contribution in [0.2, 0.25) is 0 Å². The Labute approximate surface area is 139 Å². The molecule has 1 atom stereocenters. The van der Waals surface area contributed by atoms with Crippen LogP contribution in [0.5, 0.6) is 5.75 Å². The Morgan fingerprint density at radius 3 is 2.74 bits per heavy atom. The van der Waals surface area contributed by atoms with Crippen LogP contribution in [0.4, 0.5) is 0 Å². The number of likely N-dealkylation sites (tertiary alicyclic amines) is 1. The third-order valence-electron chi connectivity index (χ3n) is 3.65. The summed E-state index contributed by atoms with van der Waals surface area (Å²) in [5, 5.41) is 12.1. The van der Waals surface area contributed by atoms with Gasteiger partial charge in [-0.2, -0.15) is 0 Å². The van der Waals surface area contributed by atoms with E-state index in [1.807, 2.05) is 38.1 Å². The maximum Gasteiger partial charge on any atom is 0.273 e. The largest absolute Gasteiger partial charge is 0.491 e. The zero-order valence-electron chi connectivity index (χ0n) is 13.2. The third-order valence-corrected chi connectivity index (χ3v) is 4.54. The van der Waals surface area contributed by atoms with Gasteiger partial charge in [0, 0.05) is 24.0 Å². The van der Waals surface area contributed by atoms with Crippen molar-refractivity contribution in [2.45, 2.75) is 32.5 Å². The van der Waals surface area contributed by atoms with E-state index in [0.717, 1.165) is 16.3 Å². The molecule has 0 spiro atoms. The highest BCUT2D eigenvalue weighted by Crippen LogP contribution is 2.27. The molecule has 0 radical (unpaired) electrons. The molecule has 5 nitrogen and oxygen atoms in total. The lowest BCUT2D eigenvalue weighted by Gasteiger charge is -2.13. The molecule has 0 unspecified atom stereocenters. The number of carbonyl (C=O) groups is 1. The summed E-state index contributed by atoms with van der Waals surface area (Å²) in [6, 6.07) is 7.72. The summed E-state index contributed by atoms with van der Waals surface area (Å²) in [5.74, 6) is 0.714. The first-order chi connectivity index (χ1) is 11.0. The van der Waals surface area contributed by atoms with Gasteiger partial charge in [-0.15, -0.1) is 11.3 Å². The molecule has 23 heavy (non-hydrogen) atoms. The zero-order chi connectivity index (χ0) is 16.4. The molecule has 0 saturated carbocycles. The number of ether oxygens (including phenoxy) is 1. The van der Waals surface area contributed by atoms with E-state index in [9.17, 15) is 9.90 Å². The Hall–Kier alpha value is -1.92. The zero-order valence-corrected chi connectivity index (χ0v) is 14.0. The molecule has 1 aromatic heterocycles. The van der Waals surface area contributed by atoms with E-state index in [2.05, 4.69) is 4.98 Å². The summed E-state index contributed by atoms with van der Waals surface area (Å²) in [6.07, 6.45) is 0.367. The number of aromatic nitrogens is 1. The van der Waals surface area contributed by atoms with Crippen molar-refractivity contribution >= 4 is 17.2 Å². The van der Waals surface area contributed by atoms with E-state index >= 15 is 0 Å². The Balaban J connectivity index is 1.72. The lowest BCUT2D eigenvalue weighted by atomic mass is 10.2. The van der Waals surface area contributed by atoms with E-state index in [-0.39, 0.29) is 12.0 Å². The Morgan fingerprint density at radius 1 is 1.39 bits per heavy atom. The number of carbonyl (C=O) groups excluding carboxylic acids is 1. The van der Waals surface area contributed by atoms with Crippen molar-refractivity contribution in [2.75, 3.05) is 13.1 Å². The second kappa shape index (κ2) is 6.68. The number of thiazole rings is 1. The first kappa shape index (κ1) is 16.0. The van der Waals surface area contributed by atoms with Gasteiger partial charge in [0.25, 0.3) is 5.91 Å². The van der Waals surface area contributed by atoms with Crippen molar-refractivity contribution in [1.82, 2.24) is 9.88 Å². The topological polar surface area (TPSA) is 62.7 Å². The fourth-order valence-electron chi connectivity index (χ4n) is 2.54. The number of amides is 1. The highest BCUT2D eigenvalue weighted by Gasteiger charge is 2.26. The molecule has 1 amide bonds. The van der Waals surface area contributed by atoms with Crippen molar-refractivity contribution in [2.24, 2.45) is 0 Å². The molecule has 1 aliphatic heterocycles. The molecular formula is C17H20N2O3S. The van der Waals surface area contributed by atoms with Crippen LogP contribution in [0.1, 0.15) is 30.8 Å². The molecule has 1 fully saturated rings. The Kier molecular flexibility index (Phi) is 4.63. The summed E-state index contributed by atoms with van der Waals surface area (Å²) in [6.45, 7) is 4.96. The van der Waals surface area contributed by atoms with Crippen LogP contribution in [0.25, 0.3) is 10.6 Å². The van der Waals surface area contributed by atoms with Crippen molar-refractivity contribution in [3.63, 3.8) is 0 Å². The number of aliphatic hydroxyl groups excluding tert-OH is 1. The number of hydrogen-bond acceptors (Lipinski definition) is 5. The van der Waals surface area contributed by atoms with Gasteiger partial charge in [-0.1, -0.05) is 0 Å². The van der Waals surface area contributed by atoms with E-state index in [1.165, 1.54) is 11.3 Å². The van der Waals surface area contributed by atoms with Gasteiger partial charge < -0.3 is 14.7 Å². The van der Waals surface area contributed by atoms with Crippen LogP contribution in [0.15, 0.2) is 29.6 Å². The van der Waals surface area contributed by atoms with E-state index in [1.54, 1.807) is 10.3 Å². The van der Waals surface area contributed by atoms with Crippen LogP contribution in [-0.4, -0.2) is 46.2 Å². The standard InChI is InChI=1S/C17H20N2O3S/c1-11(2)22-14-5-3-12(4-6-14)16-18-15(10-23-16)17(21)19-8-7-13(20)9-19/h3-6,10-11,13,20H,7-9H2,1-2H3/t13-/m0/s1. The molecule has 1 aliphatic rings.